The fourth-order valence-electron chi connectivity index (χ4n) is 4.55. The summed E-state index contributed by atoms with van der Waals surface area (Å²) in [6, 6.07) is 10.3. The summed E-state index contributed by atoms with van der Waals surface area (Å²) in [5, 5.41) is 9.74. The minimum atomic E-state index is -0.292. The van der Waals surface area contributed by atoms with E-state index in [4.69, 9.17) is 0 Å². The second kappa shape index (κ2) is 9.06. The van der Waals surface area contributed by atoms with Gasteiger partial charge in [-0.3, -0.25) is 14.8 Å². The molecular formula is C28H33N3O2. The first-order chi connectivity index (χ1) is 15.6. The highest BCUT2D eigenvalue weighted by Crippen LogP contribution is 2.32. The van der Waals surface area contributed by atoms with Crippen LogP contribution in [0.25, 0.3) is 22.3 Å². The second-order valence-corrected chi connectivity index (χ2v) is 10.2. The number of rotatable bonds is 3. The number of aliphatic hydroxyl groups is 1. The molecule has 1 amide bonds. The van der Waals surface area contributed by atoms with E-state index in [-0.39, 0.29) is 17.4 Å². The molecule has 0 bridgehead atoms. The Hall–Kier alpha value is -3.05. The smallest absolute Gasteiger partial charge is 0.253 e. The lowest BCUT2D eigenvalue weighted by Gasteiger charge is -2.30. The zero-order valence-corrected chi connectivity index (χ0v) is 20.2. The maximum atomic E-state index is 13.0. The van der Waals surface area contributed by atoms with E-state index in [9.17, 15) is 9.90 Å². The minimum Gasteiger partial charge on any atom is -0.393 e. The third-order valence-electron chi connectivity index (χ3n) is 6.42. The average molecular weight is 444 g/mol. The van der Waals surface area contributed by atoms with Gasteiger partial charge in [-0.2, -0.15) is 0 Å². The Kier molecular flexibility index (Phi) is 6.35. The Morgan fingerprint density at radius 1 is 0.970 bits per heavy atom. The van der Waals surface area contributed by atoms with Crippen LogP contribution in [-0.4, -0.2) is 45.1 Å². The fourth-order valence-corrected chi connectivity index (χ4v) is 4.55. The van der Waals surface area contributed by atoms with Gasteiger partial charge in [-0.25, -0.2) is 0 Å². The molecule has 1 aliphatic heterocycles. The number of aliphatic hydroxyl groups excluding tert-OH is 1. The molecule has 0 aliphatic carbocycles. The van der Waals surface area contributed by atoms with Crippen molar-refractivity contribution >= 4 is 5.91 Å². The van der Waals surface area contributed by atoms with Crippen molar-refractivity contribution in [3.63, 3.8) is 0 Å². The lowest BCUT2D eigenvalue weighted by atomic mass is 9.89. The van der Waals surface area contributed by atoms with Crippen molar-refractivity contribution in [2.75, 3.05) is 13.1 Å². The lowest BCUT2D eigenvalue weighted by Crippen LogP contribution is -2.40. The van der Waals surface area contributed by atoms with Crippen LogP contribution in [-0.2, 0) is 5.41 Å². The summed E-state index contributed by atoms with van der Waals surface area (Å²) in [6.07, 6.45) is 6.63. The van der Waals surface area contributed by atoms with E-state index in [1.807, 2.05) is 41.7 Å². The van der Waals surface area contributed by atoms with E-state index in [0.717, 1.165) is 39.1 Å². The van der Waals surface area contributed by atoms with Crippen LogP contribution < -0.4 is 0 Å². The minimum absolute atomic E-state index is 0.0248. The van der Waals surface area contributed by atoms with Gasteiger partial charge in [-0.05, 0) is 79.3 Å². The molecule has 0 unspecified atom stereocenters. The molecule has 0 spiro atoms. The van der Waals surface area contributed by atoms with Gasteiger partial charge < -0.3 is 10.0 Å². The summed E-state index contributed by atoms with van der Waals surface area (Å²) in [6.45, 7) is 11.8. The summed E-state index contributed by atoms with van der Waals surface area (Å²) in [7, 11) is 0. The van der Waals surface area contributed by atoms with Gasteiger partial charge in [0.2, 0.25) is 0 Å². The number of benzene rings is 1. The van der Waals surface area contributed by atoms with Gasteiger partial charge in [0, 0.05) is 59.5 Å². The second-order valence-electron chi connectivity index (χ2n) is 10.2. The van der Waals surface area contributed by atoms with E-state index >= 15 is 0 Å². The van der Waals surface area contributed by atoms with Crippen LogP contribution >= 0.6 is 0 Å². The molecule has 3 aromatic rings. The number of hydrogen-bond acceptors (Lipinski definition) is 4. The SMILES string of the molecule is Cc1cc(C(=O)N2CCC(O)CC2)cc(C)c1-c1cncc(-c2ccnc(C(C)(C)C)c2)c1. The Bertz CT molecular complexity index is 1150. The van der Waals surface area contributed by atoms with E-state index in [0.29, 0.717) is 31.5 Å². The molecule has 3 heterocycles. The maximum Gasteiger partial charge on any atom is 0.253 e. The first kappa shape index (κ1) is 23.1. The van der Waals surface area contributed by atoms with Crippen LogP contribution in [0.5, 0.6) is 0 Å². The van der Waals surface area contributed by atoms with Crippen molar-refractivity contribution in [3.8, 4) is 22.3 Å². The molecule has 172 valence electrons. The molecule has 0 saturated carbocycles. The topological polar surface area (TPSA) is 66.3 Å². The number of piperidine rings is 1. The molecule has 1 fully saturated rings. The highest BCUT2D eigenvalue weighted by molar-refractivity contribution is 5.96. The molecule has 1 aromatic carbocycles. The van der Waals surface area contributed by atoms with Crippen LogP contribution in [0.15, 0.2) is 48.9 Å². The van der Waals surface area contributed by atoms with Crippen molar-refractivity contribution in [1.82, 2.24) is 14.9 Å². The first-order valence-corrected chi connectivity index (χ1v) is 11.6. The third-order valence-corrected chi connectivity index (χ3v) is 6.42. The summed E-state index contributed by atoms with van der Waals surface area (Å²) < 4.78 is 0. The van der Waals surface area contributed by atoms with E-state index in [1.165, 1.54) is 0 Å². The molecule has 1 saturated heterocycles. The molecule has 5 nitrogen and oxygen atoms in total. The molecule has 4 rings (SSSR count). The molecule has 5 heteroatoms. The van der Waals surface area contributed by atoms with Crippen molar-refractivity contribution in [1.29, 1.82) is 0 Å². The maximum absolute atomic E-state index is 13.0. The van der Waals surface area contributed by atoms with Crippen molar-refractivity contribution in [2.45, 2.75) is 59.0 Å². The summed E-state index contributed by atoms with van der Waals surface area (Å²) in [5.41, 5.74) is 8.13. The van der Waals surface area contributed by atoms with Crippen molar-refractivity contribution in [3.05, 3.63) is 71.3 Å². The zero-order chi connectivity index (χ0) is 23.8. The number of carbonyl (C=O) groups excluding carboxylic acids is 1. The number of aromatic nitrogens is 2. The highest BCUT2D eigenvalue weighted by Gasteiger charge is 2.23. The van der Waals surface area contributed by atoms with Gasteiger partial charge in [0.05, 0.1) is 6.10 Å². The van der Waals surface area contributed by atoms with Crippen LogP contribution in [0.3, 0.4) is 0 Å². The lowest BCUT2D eigenvalue weighted by molar-refractivity contribution is 0.0546. The number of aryl methyl sites for hydroxylation is 2. The van der Waals surface area contributed by atoms with E-state index in [1.54, 1.807) is 0 Å². The molecule has 1 aliphatic rings. The number of pyridine rings is 2. The molecule has 0 radical (unpaired) electrons. The number of hydrogen-bond donors (Lipinski definition) is 1. The molecule has 0 atom stereocenters. The van der Waals surface area contributed by atoms with Gasteiger partial charge in [0.25, 0.3) is 5.91 Å². The van der Waals surface area contributed by atoms with E-state index < -0.39 is 0 Å². The van der Waals surface area contributed by atoms with Crippen molar-refractivity contribution in [2.24, 2.45) is 0 Å². The third kappa shape index (κ3) is 4.98. The van der Waals surface area contributed by atoms with Crippen molar-refractivity contribution < 1.29 is 9.90 Å². The molecule has 1 N–H and O–H groups in total. The fraction of sp³-hybridized carbons (Fsp3) is 0.393. The zero-order valence-electron chi connectivity index (χ0n) is 20.2. The highest BCUT2D eigenvalue weighted by atomic mass is 16.3. The number of amides is 1. The predicted molar refractivity (Wildman–Crippen MR) is 132 cm³/mol. The molecule has 33 heavy (non-hydrogen) atoms. The summed E-state index contributed by atoms with van der Waals surface area (Å²) in [5.74, 6) is 0.0398. The summed E-state index contributed by atoms with van der Waals surface area (Å²) in [4.78, 5) is 24.0. The standard InChI is InChI=1S/C28H33N3O2/c1-18-12-21(27(33)31-10-7-24(32)8-11-31)13-19(2)26(18)23-14-22(16-29-17-23)20-6-9-30-25(15-20)28(3,4)5/h6,9,12-17,24,32H,7-8,10-11H2,1-5H3. The van der Waals surface area contributed by atoms with Crippen LogP contribution in [0.2, 0.25) is 0 Å². The van der Waals surface area contributed by atoms with Gasteiger partial charge in [0.15, 0.2) is 0 Å². The van der Waals surface area contributed by atoms with Gasteiger partial charge in [-0.15, -0.1) is 0 Å². The van der Waals surface area contributed by atoms with Crippen LogP contribution in [0, 0.1) is 13.8 Å². The normalized spacial score (nSPS) is 15.0. The summed E-state index contributed by atoms with van der Waals surface area (Å²) >= 11 is 0. The number of nitrogens with zero attached hydrogens (tertiary/aromatic N) is 3. The first-order valence-electron chi connectivity index (χ1n) is 11.6. The van der Waals surface area contributed by atoms with Gasteiger partial charge in [-0.1, -0.05) is 20.8 Å². The predicted octanol–water partition coefficient (Wildman–Crippen LogP) is 5.32. The number of carbonyl (C=O) groups is 1. The Morgan fingerprint density at radius 3 is 2.24 bits per heavy atom. The molecular weight excluding hydrogens is 410 g/mol. The van der Waals surface area contributed by atoms with Gasteiger partial charge in [0.1, 0.15) is 0 Å². The van der Waals surface area contributed by atoms with Gasteiger partial charge >= 0.3 is 0 Å². The quantitative estimate of drug-likeness (QED) is 0.595. The largest absolute Gasteiger partial charge is 0.393 e. The molecule has 2 aromatic heterocycles. The number of likely N-dealkylation sites (tertiary alicyclic amines) is 1. The average Bonchev–Trinajstić information content (AvgIpc) is 2.78. The Morgan fingerprint density at radius 2 is 1.61 bits per heavy atom. The van der Waals surface area contributed by atoms with Crippen LogP contribution in [0.1, 0.15) is 60.8 Å². The van der Waals surface area contributed by atoms with Crippen LogP contribution in [0.4, 0.5) is 0 Å². The van der Waals surface area contributed by atoms with E-state index in [2.05, 4.69) is 56.7 Å². The Balaban J connectivity index is 1.66. The Labute approximate surface area is 196 Å². The monoisotopic (exact) mass is 443 g/mol.